The molecule has 3 aromatic carbocycles. The third-order valence-corrected chi connectivity index (χ3v) is 4.94. The number of carbonyl (C=O) groups is 1. The first-order valence-electron chi connectivity index (χ1n) is 10.1. The predicted molar refractivity (Wildman–Crippen MR) is 125 cm³/mol. The summed E-state index contributed by atoms with van der Waals surface area (Å²) in [6.07, 6.45) is 3.14. The van der Waals surface area contributed by atoms with Gasteiger partial charge in [-0.2, -0.15) is 0 Å². The van der Waals surface area contributed by atoms with Gasteiger partial charge >= 0.3 is 6.01 Å². The lowest BCUT2D eigenvalue weighted by atomic mass is 10.0. The van der Waals surface area contributed by atoms with Gasteiger partial charge in [0.25, 0.3) is 5.91 Å². The topological polar surface area (TPSA) is 125 Å². The number of rotatable bonds is 6. The van der Waals surface area contributed by atoms with E-state index in [0.29, 0.717) is 22.7 Å². The Morgan fingerprint density at radius 2 is 1.64 bits per heavy atom. The molecular formula is C24H18N6O3. The molecule has 9 heteroatoms. The SMILES string of the molecule is O=C(Nc1ccncc1)c1cc2ccccc2c(NNc2nnc(-c3ccccc3)o2)c1O. The van der Waals surface area contributed by atoms with E-state index in [1.165, 1.54) is 0 Å². The Morgan fingerprint density at radius 3 is 2.45 bits per heavy atom. The molecule has 0 atom stereocenters. The summed E-state index contributed by atoms with van der Waals surface area (Å²) in [5, 5.41) is 23.2. The van der Waals surface area contributed by atoms with Crippen molar-refractivity contribution in [2.24, 2.45) is 0 Å². The number of benzene rings is 3. The summed E-state index contributed by atoms with van der Waals surface area (Å²) in [5.74, 6) is -0.341. The molecule has 0 bridgehead atoms. The molecule has 0 unspecified atom stereocenters. The fourth-order valence-electron chi connectivity index (χ4n) is 3.36. The van der Waals surface area contributed by atoms with Gasteiger partial charge < -0.3 is 14.8 Å². The van der Waals surface area contributed by atoms with Crippen LogP contribution in [0.25, 0.3) is 22.2 Å². The Labute approximate surface area is 188 Å². The van der Waals surface area contributed by atoms with Crippen molar-refractivity contribution in [2.75, 3.05) is 16.2 Å². The van der Waals surface area contributed by atoms with Crippen LogP contribution < -0.4 is 16.2 Å². The number of nitrogens with one attached hydrogen (secondary N) is 3. The quantitative estimate of drug-likeness (QED) is 0.222. The number of anilines is 3. The predicted octanol–water partition coefficient (Wildman–Crippen LogP) is 4.68. The largest absolute Gasteiger partial charge is 0.505 e. The van der Waals surface area contributed by atoms with Crippen molar-refractivity contribution in [3.63, 3.8) is 0 Å². The molecule has 9 nitrogen and oxygen atoms in total. The Hall–Kier alpha value is -4.92. The van der Waals surface area contributed by atoms with Crippen LogP contribution >= 0.6 is 0 Å². The molecule has 4 N–H and O–H groups in total. The lowest BCUT2D eigenvalue weighted by molar-refractivity contribution is 0.102. The van der Waals surface area contributed by atoms with Gasteiger partial charge in [-0.15, -0.1) is 5.10 Å². The van der Waals surface area contributed by atoms with Crippen molar-refractivity contribution in [1.82, 2.24) is 15.2 Å². The summed E-state index contributed by atoms with van der Waals surface area (Å²) < 4.78 is 5.64. The van der Waals surface area contributed by atoms with Crippen molar-refractivity contribution in [2.45, 2.75) is 0 Å². The minimum atomic E-state index is -0.461. The number of fused-ring (bicyclic) bond motifs is 1. The van der Waals surface area contributed by atoms with Crippen molar-refractivity contribution in [3.8, 4) is 17.2 Å². The summed E-state index contributed by atoms with van der Waals surface area (Å²) in [7, 11) is 0. The Bertz CT molecular complexity index is 1420. The van der Waals surface area contributed by atoms with Gasteiger partial charge in [-0.3, -0.25) is 20.6 Å². The summed E-state index contributed by atoms with van der Waals surface area (Å²) in [6, 6.07) is 21.8. The van der Waals surface area contributed by atoms with E-state index in [1.807, 2.05) is 54.6 Å². The van der Waals surface area contributed by atoms with Gasteiger partial charge in [0.1, 0.15) is 5.69 Å². The normalized spacial score (nSPS) is 10.7. The van der Waals surface area contributed by atoms with Gasteiger partial charge in [0.2, 0.25) is 5.89 Å². The summed E-state index contributed by atoms with van der Waals surface area (Å²) >= 11 is 0. The minimum absolute atomic E-state index is 0.101. The first kappa shape index (κ1) is 20.0. The number of amides is 1. The molecule has 0 spiro atoms. The van der Waals surface area contributed by atoms with E-state index in [1.54, 1.807) is 30.6 Å². The number of hydrazine groups is 1. The Morgan fingerprint density at radius 1 is 0.879 bits per heavy atom. The maximum Gasteiger partial charge on any atom is 0.335 e. The molecule has 2 aromatic heterocycles. The molecule has 0 aliphatic rings. The number of phenolic OH excluding ortho intramolecular Hbond substituents is 1. The van der Waals surface area contributed by atoms with Gasteiger partial charge in [-0.25, -0.2) is 0 Å². The standard InChI is InChI=1S/C24H18N6O3/c31-21-19(22(32)26-17-10-12-25-13-11-17)14-16-8-4-5-9-18(16)20(21)27-29-24-30-28-23(33-24)15-6-2-1-3-7-15/h1-14,27,31H,(H,29,30)(H,25,26,32). The van der Waals surface area contributed by atoms with Gasteiger partial charge in [0.05, 0.1) is 5.56 Å². The van der Waals surface area contributed by atoms with Crippen LogP contribution in [0.4, 0.5) is 17.4 Å². The monoisotopic (exact) mass is 438 g/mol. The number of aromatic hydroxyl groups is 1. The second-order valence-corrected chi connectivity index (χ2v) is 7.09. The van der Waals surface area contributed by atoms with E-state index >= 15 is 0 Å². The first-order chi connectivity index (χ1) is 16.2. The third-order valence-electron chi connectivity index (χ3n) is 4.94. The highest BCUT2D eigenvalue weighted by Crippen LogP contribution is 2.36. The summed E-state index contributed by atoms with van der Waals surface area (Å²) in [4.78, 5) is 16.8. The molecule has 0 saturated carbocycles. The number of phenols is 1. The van der Waals surface area contributed by atoms with Crippen LogP contribution in [0.5, 0.6) is 5.75 Å². The molecule has 162 valence electrons. The van der Waals surface area contributed by atoms with Crippen LogP contribution in [0.2, 0.25) is 0 Å². The van der Waals surface area contributed by atoms with E-state index in [9.17, 15) is 9.90 Å². The van der Waals surface area contributed by atoms with Crippen LogP contribution in [0.1, 0.15) is 10.4 Å². The second kappa shape index (κ2) is 8.67. The highest BCUT2D eigenvalue weighted by molar-refractivity contribution is 6.12. The average molecular weight is 438 g/mol. The zero-order valence-electron chi connectivity index (χ0n) is 17.2. The fourth-order valence-corrected chi connectivity index (χ4v) is 3.36. The Balaban J connectivity index is 1.44. The first-order valence-corrected chi connectivity index (χ1v) is 10.1. The smallest absolute Gasteiger partial charge is 0.335 e. The molecule has 2 heterocycles. The number of pyridine rings is 1. The number of hydrogen-bond donors (Lipinski definition) is 4. The molecule has 1 amide bonds. The number of hydrogen-bond acceptors (Lipinski definition) is 8. The van der Waals surface area contributed by atoms with E-state index < -0.39 is 5.91 Å². The fraction of sp³-hybridized carbons (Fsp3) is 0. The molecule has 0 radical (unpaired) electrons. The van der Waals surface area contributed by atoms with E-state index in [4.69, 9.17) is 4.42 Å². The minimum Gasteiger partial charge on any atom is -0.505 e. The van der Waals surface area contributed by atoms with Crippen molar-refractivity contribution in [3.05, 3.63) is 90.8 Å². The molecule has 0 aliphatic carbocycles. The highest BCUT2D eigenvalue weighted by Gasteiger charge is 2.19. The maximum absolute atomic E-state index is 12.9. The number of aromatic nitrogens is 3. The van der Waals surface area contributed by atoms with Crippen LogP contribution in [-0.2, 0) is 0 Å². The van der Waals surface area contributed by atoms with Crippen molar-refractivity contribution < 1.29 is 14.3 Å². The van der Waals surface area contributed by atoms with Crippen molar-refractivity contribution >= 4 is 34.1 Å². The summed E-state index contributed by atoms with van der Waals surface area (Å²) in [6.45, 7) is 0. The zero-order chi connectivity index (χ0) is 22.6. The van der Waals surface area contributed by atoms with Gasteiger partial charge in [-0.1, -0.05) is 47.6 Å². The van der Waals surface area contributed by atoms with E-state index in [0.717, 1.165) is 10.9 Å². The molecule has 0 fully saturated rings. The average Bonchev–Trinajstić information content (AvgIpc) is 3.33. The van der Waals surface area contributed by atoms with E-state index in [-0.39, 0.29) is 17.3 Å². The number of carbonyl (C=O) groups excluding carboxylic acids is 1. The van der Waals surface area contributed by atoms with E-state index in [2.05, 4.69) is 31.3 Å². The van der Waals surface area contributed by atoms with Crippen LogP contribution in [0, 0.1) is 0 Å². The van der Waals surface area contributed by atoms with Crippen LogP contribution in [0.3, 0.4) is 0 Å². The zero-order valence-corrected chi connectivity index (χ0v) is 17.2. The maximum atomic E-state index is 12.9. The number of nitrogens with zero attached hydrogens (tertiary/aromatic N) is 3. The Kier molecular flexibility index (Phi) is 5.26. The van der Waals surface area contributed by atoms with Gasteiger partial charge in [-0.05, 0) is 35.7 Å². The van der Waals surface area contributed by atoms with Crippen LogP contribution in [-0.4, -0.2) is 26.2 Å². The highest BCUT2D eigenvalue weighted by atomic mass is 16.4. The molecule has 33 heavy (non-hydrogen) atoms. The molecule has 5 rings (SSSR count). The second-order valence-electron chi connectivity index (χ2n) is 7.09. The third kappa shape index (κ3) is 4.15. The molecule has 5 aromatic rings. The van der Waals surface area contributed by atoms with Gasteiger partial charge in [0, 0.05) is 29.0 Å². The lowest BCUT2D eigenvalue weighted by Crippen LogP contribution is -2.15. The lowest BCUT2D eigenvalue weighted by Gasteiger charge is -2.15. The van der Waals surface area contributed by atoms with Crippen LogP contribution in [0.15, 0.2) is 89.6 Å². The van der Waals surface area contributed by atoms with Gasteiger partial charge in [0.15, 0.2) is 5.75 Å². The van der Waals surface area contributed by atoms with Crippen molar-refractivity contribution in [1.29, 1.82) is 0 Å². The molecule has 0 aliphatic heterocycles. The summed E-state index contributed by atoms with van der Waals surface area (Å²) in [5.41, 5.74) is 7.46. The molecule has 0 saturated heterocycles. The molecular weight excluding hydrogens is 420 g/mol.